The molecule has 0 aromatic heterocycles. The Morgan fingerprint density at radius 1 is 1.14 bits per heavy atom. The van der Waals surface area contributed by atoms with Gasteiger partial charge in [0.1, 0.15) is 0 Å². The molecule has 0 bridgehead atoms. The highest BCUT2D eigenvalue weighted by Gasteiger charge is 2.30. The Labute approximate surface area is 86.9 Å². The first-order valence-electron chi connectivity index (χ1n) is 5.66. The first-order chi connectivity index (χ1) is 6.83. The van der Waals surface area contributed by atoms with E-state index in [4.69, 9.17) is 15.2 Å². The SMILES string of the molecule is COCCCOC1(CN)CCCCC1. The number of rotatable bonds is 6. The monoisotopic (exact) mass is 201 g/mol. The highest BCUT2D eigenvalue weighted by atomic mass is 16.5. The normalized spacial score (nSPS) is 21.0. The minimum absolute atomic E-state index is 0.00795. The molecule has 1 aliphatic carbocycles. The number of nitrogens with two attached hydrogens (primary N) is 1. The van der Waals surface area contributed by atoms with Crippen LogP contribution in [0.15, 0.2) is 0 Å². The summed E-state index contributed by atoms with van der Waals surface area (Å²) >= 11 is 0. The van der Waals surface area contributed by atoms with E-state index in [9.17, 15) is 0 Å². The van der Waals surface area contributed by atoms with E-state index in [2.05, 4.69) is 0 Å². The summed E-state index contributed by atoms with van der Waals surface area (Å²) in [4.78, 5) is 0. The van der Waals surface area contributed by atoms with Crippen LogP contribution in [-0.4, -0.2) is 32.5 Å². The lowest BCUT2D eigenvalue weighted by molar-refractivity contribution is -0.0676. The summed E-state index contributed by atoms with van der Waals surface area (Å²) in [7, 11) is 1.72. The zero-order valence-electron chi connectivity index (χ0n) is 9.26. The van der Waals surface area contributed by atoms with E-state index in [1.165, 1.54) is 19.3 Å². The van der Waals surface area contributed by atoms with Crippen molar-refractivity contribution in [3.8, 4) is 0 Å². The lowest BCUT2D eigenvalue weighted by Gasteiger charge is -2.36. The highest BCUT2D eigenvalue weighted by Crippen LogP contribution is 2.30. The summed E-state index contributed by atoms with van der Waals surface area (Å²) in [5.74, 6) is 0. The van der Waals surface area contributed by atoms with Crippen molar-refractivity contribution in [3.63, 3.8) is 0 Å². The standard InChI is InChI=1S/C11H23NO2/c1-13-8-5-9-14-11(10-12)6-3-2-4-7-11/h2-10,12H2,1H3. The van der Waals surface area contributed by atoms with Gasteiger partial charge in [-0.25, -0.2) is 0 Å². The average molecular weight is 201 g/mol. The fraction of sp³-hybridized carbons (Fsp3) is 1.00. The average Bonchev–Trinajstić information content (AvgIpc) is 2.26. The Morgan fingerprint density at radius 3 is 2.43 bits per heavy atom. The van der Waals surface area contributed by atoms with Crippen LogP contribution in [0.5, 0.6) is 0 Å². The first kappa shape index (κ1) is 12.0. The third-order valence-corrected chi connectivity index (χ3v) is 3.04. The van der Waals surface area contributed by atoms with Gasteiger partial charge in [0, 0.05) is 26.9 Å². The fourth-order valence-corrected chi connectivity index (χ4v) is 2.10. The van der Waals surface area contributed by atoms with Crippen molar-refractivity contribution >= 4 is 0 Å². The number of hydrogen-bond acceptors (Lipinski definition) is 3. The molecule has 0 radical (unpaired) electrons. The Morgan fingerprint density at radius 2 is 1.86 bits per heavy atom. The molecule has 0 aliphatic heterocycles. The molecular weight excluding hydrogens is 178 g/mol. The minimum atomic E-state index is -0.00795. The fourth-order valence-electron chi connectivity index (χ4n) is 2.10. The Balaban J connectivity index is 2.22. The lowest BCUT2D eigenvalue weighted by atomic mass is 9.85. The molecule has 0 saturated heterocycles. The molecule has 1 aliphatic rings. The van der Waals surface area contributed by atoms with Crippen molar-refractivity contribution in [2.45, 2.75) is 44.1 Å². The summed E-state index contributed by atoms with van der Waals surface area (Å²) in [6, 6.07) is 0. The Bertz CT molecular complexity index is 144. The van der Waals surface area contributed by atoms with E-state index in [1.54, 1.807) is 7.11 Å². The second-order valence-electron chi connectivity index (χ2n) is 4.14. The van der Waals surface area contributed by atoms with E-state index in [1.807, 2.05) is 0 Å². The third-order valence-electron chi connectivity index (χ3n) is 3.04. The smallest absolute Gasteiger partial charge is 0.0804 e. The van der Waals surface area contributed by atoms with Gasteiger partial charge in [-0.3, -0.25) is 0 Å². The van der Waals surface area contributed by atoms with Crippen molar-refractivity contribution < 1.29 is 9.47 Å². The van der Waals surface area contributed by atoms with Gasteiger partial charge in [-0.05, 0) is 19.3 Å². The molecular formula is C11H23NO2. The van der Waals surface area contributed by atoms with Gasteiger partial charge in [-0.1, -0.05) is 19.3 Å². The van der Waals surface area contributed by atoms with E-state index in [0.29, 0.717) is 6.54 Å². The van der Waals surface area contributed by atoms with Crippen molar-refractivity contribution in [2.24, 2.45) is 5.73 Å². The van der Waals surface area contributed by atoms with Crippen LogP contribution in [0.3, 0.4) is 0 Å². The van der Waals surface area contributed by atoms with Gasteiger partial charge in [-0.2, -0.15) is 0 Å². The number of ether oxygens (including phenoxy) is 2. The first-order valence-corrected chi connectivity index (χ1v) is 5.66. The van der Waals surface area contributed by atoms with E-state index >= 15 is 0 Å². The number of hydrogen-bond donors (Lipinski definition) is 1. The molecule has 14 heavy (non-hydrogen) atoms. The summed E-state index contributed by atoms with van der Waals surface area (Å²) < 4.78 is 10.9. The summed E-state index contributed by atoms with van der Waals surface area (Å²) in [5, 5.41) is 0. The molecule has 1 rings (SSSR count). The molecule has 0 spiro atoms. The van der Waals surface area contributed by atoms with Crippen LogP contribution in [0.2, 0.25) is 0 Å². The molecule has 0 amide bonds. The molecule has 0 atom stereocenters. The molecule has 84 valence electrons. The molecule has 3 nitrogen and oxygen atoms in total. The summed E-state index contributed by atoms with van der Waals surface area (Å²) in [6.45, 7) is 2.23. The van der Waals surface area contributed by atoms with Crippen LogP contribution in [0, 0.1) is 0 Å². The van der Waals surface area contributed by atoms with Gasteiger partial charge in [0.15, 0.2) is 0 Å². The van der Waals surface area contributed by atoms with Crippen molar-refractivity contribution in [3.05, 3.63) is 0 Å². The maximum atomic E-state index is 5.92. The van der Waals surface area contributed by atoms with E-state index in [-0.39, 0.29) is 5.60 Å². The molecule has 1 fully saturated rings. The van der Waals surface area contributed by atoms with Gasteiger partial charge in [0.2, 0.25) is 0 Å². The predicted octanol–water partition coefficient (Wildman–Crippen LogP) is 1.70. The molecule has 0 heterocycles. The van der Waals surface area contributed by atoms with Crippen LogP contribution in [0.4, 0.5) is 0 Å². The van der Waals surface area contributed by atoms with E-state index in [0.717, 1.165) is 32.5 Å². The minimum Gasteiger partial charge on any atom is -0.385 e. The van der Waals surface area contributed by atoms with Gasteiger partial charge >= 0.3 is 0 Å². The summed E-state index contributed by atoms with van der Waals surface area (Å²) in [5.41, 5.74) is 5.79. The van der Waals surface area contributed by atoms with Crippen LogP contribution >= 0.6 is 0 Å². The van der Waals surface area contributed by atoms with Gasteiger partial charge in [0.25, 0.3) is 0 Å². The molecule has 2 N–H and O–H groups in total. The highest BCUT2D eigenvalue weighted by molar-refractivity contribution is 4.85. The predicted molar refractivity (Wildman–Crippen MR) is 57.3 cm³/mol. The van der Waals surface area contributed by atoms with Gasteiger partial charge in [-0.15, -0.1) is 0 Å². The molecule has 1 saturated carbocycles. The second kappa shape index (κ2) is 6.38. The molecule has 0 aromatic rings. The second-order valence-corrected chi connectivity index (χ2v) is 4.14. The Kier molecular flexibility index (Phi) is 5.45. The maximum Gasteiger partial charge on any atom is 0.0804 e. The number of methoxy groups -OCH3 is 1. The van der Waals surface area contributed by atoms with Crippen molar-refractivity contribution in [1.82, 2.24) is 0 Å². The zero-order chi connectivity index (χ0) is 10.3. The zero-order valence-corrected chi connectivity index (χ0v) is 9.26. The van der Waals surface area contributed by atoms with Gasteiger partial charge < -0.3 is 15.2 Å². The van der Waals surface area contributed by atoms with Gasteiger partial charge in [0.05, 0.1) is 5.60 Å². The van der Waals surface area contributed by atoms with Crippen LogP contribution < -0.4 is 5.73 Å². The topological polar surface area (TPSA) is 44.5 Å². The van der Waals surface area contributed by atoms with E-state index < -0.39 is 0 Å². The molecule has 0 unspecified atom stereocenters. The Hall–Kier alpha value is -0.120. The largest absolute Gasteiger partial charge is 0.385 e. The van der Waals surface area contributed by atoms with Crippen LogP contribution in [-0.2, 0) is 9.47 Å². The van der Waals surface area contributed by atoms with Crippen LogP contribution in [0.25, 0.3) is 0 Å². The molecule has 3 heteroatoms. The van der Waals surface area contributed by atoms with Crippen molar-refractivity contribution in [1.29, 1.82) is 0 Å². The maximum absolute atomic E-state index is 5.92. The van der Waals surface area contributed by atoms with Crippen LogP contribution in [0.1, 0.15) is 38.5 Å². The lowest BCUT2D eigenvalue weighted by Crippen LogP contribution is -2.42. The van der Waals surface area contributed by atoms with Crippen molar-refractivity contribution in [2.75, 3.05) is 26.9 Å². The third kappa shape index (κ3) is 3.56. The summed E-state index contributed by atoms with van der Waals surface area (Å²) in [6.07, 6.45) is 7.11. The quantitative estimate of drug-likeness (QED) is 0.665. The molecule has 0 aromatic carbocycles.